The molecule has 6 unspecified atom stereocenters. The Morgan fingerprint density at radius 1 is 0.706 bits per heavy atom. The monoisotopic (exact) mass is 246 g/mol. The molecule has 0 aromatic rings. The van der Waals surface area contributed by atoms with Gasteiger partial charge in [0.25, 0.3) is 0 Å². The van der Waals surface area contributed by atoms with E-state index in [1.807, 2.05) is 27.7 Å². The van der Waals surface area contributed by atoms with Crippen molar-refractivity contribution >= 4 is 0 Å². The van der Waals surface area contributed by atoms with Gasteiger partial charge in [-0.25, -0.2) is 0 Å². The summed E-state index contributed by atoms with van der Waals surface area (Å²) in [6.07, 6.45) is 1.34. The van der Waals surface area contributed by atoms with Crippen molar-refractivity contribution in [3.05, 3.63) is 0 Å². The molecule has 0 saturated heterocycles. The molecule has 0 saturated carbocycles. The minimum Gasteiger partial charge on any atom is -0.372 e. The summed E-state index contributed by atoms with van der Waals surface area (Å²) in [4.78, 5) is 0. The topological polar surface area (TPSA) is 113 Å². The molecule has 5 heteroatoms. The largest absolute Gasteiger partial charge is 0.372 e. The lowest BCUT2D eigenvalue weighted by Crippen LogP contribution is -2.46. The predicted octanol–water partition coefficient (Wildman–Crippen LogP) is -0.0908. The molecule has 0 aromatic carbocycles. The molecule has 104 valence electrons. The van der Waals surface area contributed by atoms with Gasteiger partial charge in [-0.15, -0.1) is 0 Å². The summed E-state index contributed by atoms with van der Waals surface area (Å²) >= 11 is 0. The lowest BCUT2D eigenvalue weighted by Gasteiger charge is -2.31. The van der Waals surface area contributed by atoms with Crippen LogP contribution in [0.15, 0.2) is 0 Å². The van der Waals surface area contributed by atoms with Crippen LogP contribution in [0.4, 0.5) is 0 Å². The highest BCUT2D eigenvalue weighted by Gasteiger charge is 2.24. The highest BCUT2D eigenvalue weighted by atomic mass is 16.5. The number of ether oxygens (including phenoxy) is 1. The number of nitrogens with two attached hydrogens (primary N) is 4. The third-order valence-corrected chi connectivity index (χ3v) is 2.73. The Kier molecular flexibility index (Phi) is 7.91. The Balaban J connectivity index is 4.45. The van der Waals surface area contributed by atoms with E-state index in [0.29, 0.717) is 0 Å². The molecule has 0 fully saturated rings. The van der Waals surface area contributed by atoms with Crippen molar-refractivity contribution in [1.82, 2.24) is 0 Å². The number of hydrogen-bond donors (Lipinski definition) is 4. The Bertz CT molecular complexity index is 175. The van der Waals surface area contributed by atoms with E-state index >= 15 is 0 Å². The second kappa shape index (κ2) is 8.00. The molecule has 0 bridgehead atoms. The predicted molar refractivity (Wildman–Crippen MR) is 72.5 cm³/mol. The van der Waals surface area contributed by atoms with Gasteiger partial charge in [0, 0.05) is 24.2 Å². The van der Waals surface area contributed by atoms with Crippen molar-refractivity contribution in [1.29, 1.82) is 0 Å². The van der Waals surface area contributed by atoms with Crippen LogP contribution in [0.2, 0.25) is 0 Å². The molecule has 0 radical (unpaired) electrons. The van der Waals surface area contributed by atoms with Crippen LogP contribution in [0.5, 0.6) is 0 Å². The van der Waals surface area contributed by atoms with E-state index < -0.39 is 0 Å². The van der Waals surface area contributed by atoms with Gasteiger partial charge in [0.2, 0.25) is 0 Å². The van der Waals surface area contributed by atoms with Gasteiger partial charge in [-0.05, 0) is 40.5 Å². The van der Waals surface area contributed by atoms with E-state index in [9.17, 15) is 0 Å². The van der Waals surface area contributed by atoms with Gasteiger partial charge in [0.05, 0.1) is 12.2 Å². The van der Waals surface area contributed by atoms with Crippen molar-refractivity contribution in [3.63, 3.8) is 0 Å². The zero-order valence-electron chi connectivity index (χ0n) is 11.6. The van der Waals surface area contributed by atoms with Crippen LogP contribution < -0.4 is 22.9 Å². The molecule has 0 aliphatic carbocycles. The normalized spacial score (nSPS) is 22.6. The van der Waals surface area contributed by atoms with Gasteiger partial charge in [0.1, 0.15) is 0 Å². The molecule has 0 aliphatic rings. The summed E-state index contributed by atoms with van der Waals surface area (Å²) in [6, 6.07) is 0.00993. The van der Waals surface area contributed by atoms with E-state index in [1.54, 1.807) is 0 Å². The SMILES string of the molecule is CC(N)CC(OC(CC(C)N)C(C)N)C(C)N. The summed E-state index contributed by atoms with van der Waals surface area (Å²) in [5, 5.41) is 0. The zero-order chi connectivity index (χ0) is 13.6. The third-order valence-electron chi connectivity index (χ3n) is 2.73. The molecular weight excluding hydrogens is 216 g/mol. The van der Waals surface area contributed by atoms with Gasteiger partial charge < -0.3 is 27.7 Å². The standard InChI is InChI=1S/C12H30N4O/c1-7(13)5-11(9(3)15)17-12(10(4)16)6-8(2)14/h7-12H,5-6,13-16H2,1-4H3. The lowest BCUT2D eigenvalue weighted by atomic mass is 10.0. The molecule has 0 aromatic heterocycles. The summed E-state index contributed by atoms with van der Waals surface area (Å²) in [7, 11) is 0. The average Bonchev–Trinajstić information content (AvgIpc) is 2.13. The van der Waals surface area contributed by atoms with Gasteiger partial charge in [-0.2, -0.15) is 0 Å². The smallest absolute Gasteiger partial charge is 0.0742 e. The molecule has 0 rings (SSSR count). The van der Waals surface area contributed by atoms with Gasteiger partial charge >= 0.3 is 0 Å². The van der Waals surface area contributed by atoms with E-state index in [2.05, 4.69) is 0 Å². The van der Waals surface area contributed by atoms with Gasteiger partial charge in [-0.1, -0.05) is 0 Å². The van der Waals surface area contributed by atoms with Crippen LogP contribution in [0.3, 0.4) is 0 Å². The fourth-order valence-corrected chi connectivity index (χ4v) is 1.75. The van der Waals surface area contributed by atoms with E-state index in [4.69, 9.17) is 27.7 Å². The van der Waals surface area contributed by atoms with Crippen molar-refractivity contribution in [3.8, 4) is 0 Å². The molecule has 6 atom stereocenters. The molecule has 8 N–H and O–H groups in total. The molecule has 0 amide bonds. The molecule has 0 aliphatic heterocycles. The minimum atomic E-state index is -0.0650. The van der Waals surface area contributed by atoms with Crippen molar-refractivity contribution in [2.45, 2.75) is 76.9 Å². The van der Waals surface area contributed by atoms with Crippen molar-refractivity contribution in [2.75, 3.05) is 0 Å². The molecule has 0 spiro atoms. The Morgan fingerprint density at radius 2 is 1.00 bits per heavy atom. The minimum absolute atomic E-state index is 0.0599. The lowest BCUT2D eigenvalue weighted by molar-refractivity contribution is -0.0433. The summed E-state index contributed by atoms with van der Waals surface area (Å²) < 4.78 is 5.99. The maximum absolute atomic E-state index is 5.99. The van der Waals surface area contributed by atoms with Crippen LogP contribution >= 0.6 is 0 Å². The molecule has 17 heavy (non-hydrogen) atoms. The van der Waals surface area contributed by atoms with Crippen molar-refractivity contribution in [2.24, 2.45) is 22.9 Å². The van der Waals surface area contributed by atoms with Crippen molar-refractivity contribution < 1.29 is 4.74 Å². The third kappa shape index (κ3) is 7.68. The highest BCUT2D eigenvalue weighted by Crippen LogP contribution is 2.14. The van der Waals surface area contributed by atoms with Gasteiger partial charge in [-0.3, -0.25) is 0 Å². The zero-order valence-corrected chi connectivity index (χ0v) is 11.6. The highest BCUT2D eigenvalue weighted by molar-refractivity contribution is 4.79. The fraction of sp³-hybridized carbons (Fsp3) is 1.00. The van der Waals surface area contributed by atoms with Crippen LogP contribution in [0.25, 0.3) is 0 Å². The summed E-state index contributed by atoms with van der Waals surface area (Å²) in [5.41, 5.74) is 23.4. The summed E-state index contributed by atoms with van der Waals surface area (Å²) in [5.74, 6) is 0. The van der Waals surface area contributed by atoms with E-state index in [1.165, 1.54) is 0 Å². The average molecular weight is 246 g/mol. The Hall–Kier alpha value is -0.200. The first-order valence-electron chi connectivity index (χ1n) is 6.41. The van der Waals surface area contributed by atoms with E-state index in [-0.39, 0.29) is 36.4 Å². The first-order valence-corrected chi connectivity index (χ1v) is 6.41. The second-order valence-electron chi connectivity index (χ2n) is 5.36. The number of hydrogen-bond acceptors (Lipinski definition) is 5. The van der Waals surface area contributed by atoms with Crippen LogP contribution in [-0.2, 0) is 4.74 Å². The summed E-state index contributed by atoms with van der Waals surface area (Å²) in [6.45, 7) is 7.75. The molecule has 5 nitrogen and oxygen atoms in total. The Morgan fingerprint density at radius 3 is 1.18 bits per heavy atom. The second-order valence-corrected chi connectivity index (χ2v) is 5.36. The first-order chi connectivity index (χ1) is 7.73. The fourth-order valence-electron chi connectivity index (χ4n) is 1.75. The molecular formula is C12H30N4O. The maximum atomic E-state index is 5.99. The number of rotatable bonds is 8. The van der Waals surface area contributed by atoms with Crippen LogP contribution in [0.1, 0.15) is 40.5 Å². The van der Waals surface area contributed by atoms with E-state index in [0.717, 1.165) is 12.8 Å². The molecule has 0 heterocycles. The maximum Gasteiger partial charge on any atom is 0.0742 e. The Labute approximate surface area is 105 Å². The van der Waals surface area contributed by atoms with Crippen LogP contribution in [0, 0.1) is 0 Å². The quantitative estimate of drug-likeness (QED) is 0.478. The first kappa shape index (κ1) is 16.8. The van der Waals surface area contributed by atoms with Gasteiger partial charge in [0.15, 0.2) is 0 Å². The van der Waals surface area contributed by atoms with Crippen LogP contribution in [-0.4, -0.2) is 36.4 Å².